The highest BCUT2D eigenvalue weighted by Gasteiger charge is 2.28. The van der Waals surface area contributed by atoms with Crippen LogP contribution in [0, 0.1) is 6.92 Å². The minimum Gasteiger partial charge on any atom is -0.394 e. The van der Waals surface area contributed by atoms with Crippen molar-refractivity contribution in [2.24, 2.45) is 0 Å². The maximum Gasteiger partial charge on any atom is 0.322 e. The lowest BCUT2D eigenvalue weighted by Gasteiger charge is -2.24. The van der Waals surface area contributed by atoms with Gasteiger partial charge >= 0.3 is 6.03 Å². The molecule has 0 aromatic heterocycles. The zero-order valence-corrected chi connectivity index (χ0v) is 11.6. The summed E-state index contributed by atoms with van der Waals surface area (Å²) >= 11 is 0. The van der Waals surface area contributed by atoms with E-state index in [4.69, 9.17) is 0 Å². The van der Waals surface area contributed by atoms with E-state index in [0.717, 1.165) is 42.6 Å². The van der Waals surface area contributed by atoms with Gasteiger partial charge < -0.3 is 15.3 Å². The minimum atomic E-state index is -0.0967. The van der Waals surface area contributed by atoms with Crippen LogP contribution in [-0.4, -0.2) is 35.2 Å². The molecule has 19 heavy (non-hydrogen) atoms. The number of hydrogen-bond donors (Lipinski definition) is 2. The average molecular weight is 262 g/mol. The molecule has 0 radical (unpaired) electrons. The van der Waals surface area contributed by atoms with Gasteiger partial charge in [-0.2, -0.15) is 0 Å². The molecule has 0 bridgehead atoms. The molecule has 1 aliphatic rings. The van der Waals surface area contributed by atoms with Gasteiger partial charge in [0.2, 0.25) is 0 Å². The quantitative estimate of drug-likeness (QED) is 0.879. The van der Waals surface area contributed by atoms with Crippen LogP contribution in [0.25, 0.3) is 0 Å². The molecular formula is C15H22N2O2. The highest BCUT2D eigenvalue weighted by molar-refractivity contribution is 5.91. The number of nitrogens with zero attached hydrogens (tertiary/aromatic N) is 1. The number of aryl methyl sites for hydroxylation is 2. The minimum absolute atomic E-state index is 0.0332. The van der Waals surface area contributed by atoms with Crippen molar-refractivity contribution < 1.29 is 9.90 Å². The molecule has 4 nitrogen and oxygen atoms in total. The third-order valence-corrected chi connectivity index (χ3v) is 3.82. The molecule has 1 atom stereocenters. The Kier molecular flexibility index (Phi) is 4.43. The first-order valence-corrected chi connectivity index (χ1v) is 6.94. The third kappa shape index (κ3) is 2.89. The van der Waals surface area contributed by atoms with Crippen molar-refractivity contribution in [3.63, 3.8) is 0 Å². The van der Waals surface area contributed by atoms with E-state index in [2.05, 4.69) is 12.2 Å². The Morgan fingerprint density at radius 2 is 2.32 bits per heavy atom. The third-order valence-electron chi connectivity index (χ3n) is 3.82. The molecule has 0 spiro atoms. The number of benzene rings is 1. The van der Waals surface area contributed by atoms with E-state index in [0.29, 0.717) is 0 Å². The first-order chi connectivity index (χ1) is 9.17. The summed E-state index contributed by atoms with van der Waals surface area (Å²) in [4.78, 5) is 14.1. The summed E-state index contributed by atoms with van der Waals surface area (Å²) in [5.41, 5.74) is 3.14. The van der Waals surface area contributed by atoms with E-state index in [9.17, 15) is 9.90 Å². The maximum atomic E-state index is 12.3. The summed E-state index contributed by atoms with van der Waals surface area (Å²) < 4.78 is 0. The summed E-state index contributed by atoms with van der Waals surface area (Å²) in [6, 6.07) is 5.92. The maximum absolute atomic E-state index is 12.3. The number of aliphatic hydroxyl groups excluding tert-OH is 1. The largest absolute Gasteiger partial charge is 0.394 e. The van der Waals surface area contributed by atoms with Gasteiger partial charge in [-0.25, -0.2) is 4.79 Å². The Bertz CT molecular complexity index is 459. The Morgan fingerprint density at radius 3 is 3.00 bits per heavy atom. The molecule has 4 heteroatoms. The number of urea groups is 1. The van der Waals surface area contributed by atoms with Crippen LogP contribution in [0.1, 0.15) is 30.9 Å². The van der Waals surface area contributed by atoms with Crippen LogP contribution in [0.3, 0.4) is 0 Å². The smallest absolute Gasteiger partial charge is 0.322 e. The Balaban J connectivity index is 2.15. The van der Waals surface area contributed by atoms with Crippen LogP contribution >= 0.6 is 0 Å². The SMILES string of the molecule is CCc1cccc(C)c1NC(=O)N1CCC[C@H]1CO. The van der Waals surface area contributed by atoms with Gasteiger partial charge in [0, 0.05) is 12.2 Å². The molecular weight excluding hydrogens is 240 g/mol. The Labute approximate surface area is 114 Å². The first-order valence-electron chi connectivity index (χ1n) is 6.94. The van der Waals surface area contributed by atoms with Gasteiger partial charge in [-0.3, -0.25) is 0 Å². The monoisotopic (exact) mass is 262 g/mol. The fraction of sp³-hybridized carbons (Fsp3) is 0.533. The van der Waals surface area contributed by atoms with Crippen molar-refractivity contribution in [3.8, 4) is 0 Å². The van der Waals surface area contributed by atoms with Gasteiger partial charge in [-0.05, 0) is 37.3 Å². The highest BCUT2D eigenvalue weighted by atomic mass is 16.3. The normalized spacial score (nSPS) is 18.7. The second-order valence-electron chi connectivity index (χ2n) is 5.06. The van der Waals surface area contributed by atoms with Crippen LogP contribution in [0.15, 0.2) is 18.2 Å². The second-order valence-corrected chi connectivity index (χ2v) is 5.06. The van der Waals surface area contributed by atoms with Gasteiger partial charge in [0.15, 0.2) is 0 Å². The summed E-state index contributed by atoms with van der Waals surface area (Å²) in [5.74, 6) is 0. The molecule has 1 aromatic carbocycles. The van der Waals surface area contributed by atoms with Crippen LogP contribution in [0.4, 0.5) is 10.5 Å². The number of carbonyl (C=O) groups excluding carboxylic acids is 1. The van der Waals surface area contributed by atoms with Crippen LogP contribution < -0.4 is 5.32 Å². The highest BCUT2D eigenvalue weighted by Crippen LogP contribution is 2.23. The van der Waals surface area contributed by atoms with Gasteiger partial charge in [0.25, 0.3) is 0 Å². The molecule has 104 valence electrons. The Hall–Kier alpha value is -1.55. The number of carbonyl (C=O) groups is 1. The number of rotatable bonds is 3. The van der Waals surface area contributed by atoms with Crippen molar-refractivity contribution >= 4 is 11.7 Å². The van der Waals surface area contributed by atoms with Crippen LogP contribution in [0.2, 0.25) is 0 Å². The summed E-state index contributed by atoms with van der Waals surface area (Å²) in [5, 5.41) is 12.3. The standard InChI is InChI=1S/C15H22N2O2/c1-3-12-7-4-6-11(2)14(12)16-15(19)17-9-5-8-13(17)10-18/h4,6-7,13,18H,3,5,8-10H2,1-2H3,(H,16,19)/t13-/m0/s1. The zero-order chi connectivity index (χ0) is 13.8. The van der Waals surface area contributed by atoms with E-state index in [1.54, 1.807) is 4.90 Å². The molecule has 1 fully saturated rings. The fourth-order valence-corrected chi connectivity index (χ4v) is 2.67. The lowest BCUT2D eigenvalue weighted by atomic mass is 10.1. The molecule has 2 N–H and O–H groups in total. The van der Waals surface area contributed by atoms with Crippen molar-refractivity contribution in [2.45, 2.75) is 39.2 Å². The molecule has 2 amide bonds. The van der Waals surface area contributed by atoms with Gasteiger partial charge in [0.1, 0.15) is 0 Å². The summed E-state index contributed by atoms with van der Waals surface area (Å²) in [6.07, 6.45) is 2.74. The van der Waals surface area contributed by atoms with Gasteiger partial charge in [0.05, 0.1) is 12.6 Å². The lowest BCUT2D eigenvalue weighted by molar-refractivity contribution is 0.166. The zero-order valence-electron chi connectivity index (χ0n) is 11.6. The number of amides is 2. The molecule has 1 saturated heterocycles. The van der Waals surface area contributed by atoms with Crippen LogP contribution in [-0.2, 0) is 6.42 Å². The second kappa shape index (κ2) is 6.06. The molecule has 2 rings (SSSR count). The number of likely N-dealkylation sites (tertiary alicyclic amines) is 1. The molecule has 0 unspecified atom stereocenters. The molecule has 1 heterocycles. The van der Waals surface area contributed by atoms with Gasteiger partial charge in [-0.15, -0.1) is 0 Å². The lowest BCUT2D eigenvalue weighted by Crippen LogP contribution is -2.40. The predicted octanol–water partition coefficient (Wildman–Crippen LogP) is 2.55. The molecule has 0 aliphatic carbocycles. The van der Waals surface area contributed by atoms with E-state index < -0.39 is 0 Å². The predicted molar refractivity (Wildman–Crippen MR) is 76.4 cm³/mol. The number of para-hydroxylation sites is 1. The number of nitrogens with one attached hydrogen (secondary N) is 1. The van der Waals surface area contributed by atoms with Crippen molar-refractivity contribution in [3.05, 3.63) is 29.3 Å². The summed E-state index contributed by atoms with van der Waals surface area (Å²) in [6.45, 7) is 4.85. The summed E-state index contributed by atoms with van der Waals surface area (Å²) in [7, 11) is 0. The molecule has 1 aromatic rings. The van der Waals surface area contributed by atoms with Gasteiger partial charge in [-0.1, -0.05) is 25.1 Å². The number of hydrogen-bond acceptors (Lipinski definition) is 2. The van der Waals surface area contributed by atoms with Crippen molar-refractivity contribution in [1.82, 2.24) is 4.90 Å². The first kappa shape index (κ1) is 13.9. The van der Waals surface area contributed by atoms with E-state index in [-0.39, 0.29) is 18.7 Å². The van der Waals surface area contributed by atoms with Crippen molar-refractivity contribution in [2.75, 3.05) is 18.5 Å². The average Bonchev–Trinajstić information content (AvgIpc) is 2.89. The number of aliphatic hydroxyl groups is 1. The van der Waals surface area contributed by atoms with E-state index >= 15 is 0 Å². The number of anilines is 1. The molecule has 0 saturated carbocycles. The van der Waals surface area contributed by atoms with Crippen LogP contribution in [0.5, 0.6) is 0 Å². The van der Waals surface area contributed by atoms with Crippen molar-refractivity contribution in [1.29, 1.82) is 0 Å². The van der Waals surface area contributed by atoms with E-state index in [1.165, 1.54) is 0 Å². The fourth-order valence-electron chi connectivity index (χ4n) is 2.67. The van der Waals surface area contributed by atoms with E-state index in [1.807, 2.05) is 25.1 Å². The molecule has 1 aliphatic heterocycles. The Morgan fingerprint density at radius 1 is 1.53 bits per heavy atom. The topological polar surface area (TPSA) is 52.6 Å².